The van der Waals surface area contributed by atoms with Crippen LogP contribution in [0.2, 0.25) is 0 Å². The lowest BCUT2D eigenvalue weighted by molar-refractivity contribution is 0.0650. The van der Waals surface area contributed by atoms with E-state index in [1.54, 1.807) is 0 Å². The van der Waals surface area contributed by atoms with Gasteiger partial charge < -0.3 is 24.8 Å². The molecule has 0 fully saturated rings. The molecule has 0 aliphatic carbocycles. The van der Waals surface area contributed by atoms with E-state index in [0.29, 0.717) is 26.4 Å². The second-order valence-electron chi connectivity index (χ2n) is 1.98. The largest absolute Gasteiger partial charge is 0.394 e. The molecule has 0 amide bonds. The standard InChI is InChI=1S/C4H10O3.C4H10O2/c5-1-3-7-4-2-6;1-2-6-4-3-5/h5-6H,1-4H2;5H,2-4H2,1H3. The first kappa shape index (κ1) is 15.3. The van der Waals surface area contributed by atoms with Crippen molar-refractivity contribution in [1.82, 2.24) is 0 Å². The molecule has 0 aromatic carbocycles. The summed E-state index contributed by atoms with van der Waals surface area (Å²) in [4.78, 5) is 0. The van der Waals surface area contributed by atoms with E-state index in [2.05, 4.69) is 4.74 Å². The first-order valence-electron chi connectivity index (χ1n) is 4.31. The monoisotopic (exact) mass is 196 g/mol. The van der Waals surface area contributed by atoms with Gasteiger partial charge in [0.1, 0.15) is 0 Å². The molecule has 0 aliphatic heterocycles. The van der Waals surface area contributed by atoms with Gasteiger partial charge in [0.25, 0.3) is 0 Å². The molecule has 0 spiro atoms. The topological polar surface area (TPSA) is 79.2 Å². The van der Waals surface area contributed by atoms with Crippen LogP contribution in [-0.4, -0.2) is 61.6 Å². The number of aliphatic hydroxyl groups excluding tert-OH is 3. The van der Waals surface area contributed by atoms with Crippen molar-refractivity contribution in [3.8, 4) is 0 Å². The van der Waals surface area contributed by atoms with Crippen molar-refractivity contribution >= 4 is 0 Å². The molecule has 5 heteroatoms. The lowest BCUT2D eigenvalue weighted by atomic mass is 10.7. The minimum Gasteiger partial charge on any atom is -0.394 e. The molecule has 3 N–H and O–H groups in total. The Balaban J connectivity index is 0. The summed E-state index contributed by atoms with van der Waals surface area (Å²) in [7, 11) is 0. The van der Waals surface area contributed by atoms with Crippen LogP contribution in [0.15, 0.2) is 0 Å². The van der Waals surface area contributed by atoms with Crippen molar-refractivity contribution in [2.24, 2.45) is 0 Å². The number of hydrogen-bond acceptors (Lipinski definition) is 5. The molecule has 0 bridgehead atoms. The van der Waals surface area contributed by atoms with Crippen molar-refractivity contribution < 1.29 is 24.8 Å². The summed E-state index contributed by atoms with van der Waals surface area (Å²) < 4.78 is 9.36. The Morgan fingerprint density at radius 2 is 1.15 bits per heavy atom. The normalized spacial score (nSPS) is 9.23. The van der Waals surface area contributed by atoms with E-state index in [4.69, 9.17) is 20.1 Å². The molecule has 0 radical (unpaired) electrons. The molecular formula is C8H20O5. The predicted octanol–water partition coefficient (Wildman–Crippen LogP) is -0.997. The van der Waals surface area contributed by atoms with Crippen molar-refractivity contribution in [2.45, 2.75) is 6.92 Å². The van der Waals surface area contributed by atoms with Gasteiger partial charge in [-0.05, 0) is 6.92 Å². The number of ether oxygens (including phenoxy) is 2. The van der Waals surface area contributed by atoms with Gasteiger partial charge in [-0.3, -0.25) is 0 Å². The van der Waals surface area contributed by atoms with Crippen LogP contribution in [0.4, 0.5) is 0 Å². The Bertz CT molecular complexity index is 61.6. The Morgan fingerprint density at radius 3 is 1.38 bits per heavy atom. The predicted molar refractivity (Wildman–Crippen MR) is 48.6 cm³/mol. The summed E-state index contributed by atoms with van der Waals surface area (Å²) in [6.07, 6.45) is 0. The lowest BCUT2D eigenvalue weighted by Gasteiger charge is -1.94. The summed E-state index contributed by atoms with van der Waals surface area (Å²) in [5.41, 5.74) is 0. The molecule has 82 valence electrons. The molecule has 0 aromatic heterocycles. The van der Waals surface area contributed by atoms with Crippen LogP contribution in [0.5, 0.6) is 0 Å². The fourth-order valence-corrected chi connectivity index (χ4v) is 0.440. The molecule has 0 saturated heterocycles. The Kier molecular flexibility index (Phi) is 20.9. The second kappa shape index (κ2) is 17.8. The highest BCUT2D eigenvalue weighted by atomic mass is 16.5. The molecule has 0 aliphatic rings. The molecule has 5 nitrogen and oxygen atoms in total. The Labute approximate surface area is 78.9 Å². The maximum Gasteiger partial charge on any atom is 0.0698 e. The molecule has 0 rings (SSSR count). The second-order valence-corrected chi connectivity index (χ2v) is 1.98. The molecule has 13 heavy (non-hydrogen) atoms. The average molecular weight is 196 g/mol. The van der Waals surface area contributed by atoms with Gasteiger partial charge in [0.05, 0.1) is 39.6 Å². The zero-order valence-corrected chi connectivity index (χ0v) is 8.11. The van der Waals surface area contributed by atoms with Gasteiger partial charge in [0, 0.05) is 6.61 Å². The Morgan fingerprint density at radius 1 is 0.769 bits per heavy atom. The smallest absolute Gasteiger partial charge is 0.0698 e. The van der Waals surface area contributed by atoms with Gasteiger partial charge >= 0.3 is 0 Å². The third kappa shape index (κ3) is 24.5. The molecule has 0 saturated carbocycles. The van der Waals surface area contributed by atoms with E-state index in [1.807, 2.05) is 6.92 Å². The van der Waals surface area contributed by atoms with Gasteiger partial charge in [-0.1, -0.05) is 0 Å². The summed E-state index contributed by atoms with van der Waals surface area (Å²) >= 11 is 0. The zero-order chi connectivity index (χ0) is 10.4. The van der Waals surface area contributed by atoms with Crippen LogP contribution in [0, 0.1) is 0 Å². The summed E-state index contributed by atoms with van der Waals surface area (Å²) in [6.45, 7) is 3.89. The van der Waals surface area contributed by atoms with E-state index < -0.39 is 0 Å². The first-order chi connectivity index (χ1) is 6.33. The van der Waals surface area contributed by atoms with Crippen LogP contribution in [0.25, 0.3) is 0 Å². The zero-order valence-electron chi connectivity index (χ0n) is 8.11. The van der Waals surface area contributed by atoms with E-state index in [-0.39, 0.29) is 19.8 Å². The van der Waals surface area contributed by atoms with Gasteiger partial charge in [-0.15, -0.1) is 0 Å². The minimum absolute atomic E-state index is 0.0278. The van der Waals surface area contributed by atoms with E-state index in [0.717, 1.165) is 0 Å². The van der Waals surface area contributed by atoms with E-state index in [9.17, 15) is 0 Å². The average Bonchev–Trinajstić information content (AvgIpc) is 2.17. The summed E-state index contributed by atoms with van der Waals surface area (Å²) in [5, 5.41) is 24.2. The fourth-order valence-electron chi connectivity index (χ4n) is 0.440. The van der Waals surface area contributed by atoms with Crippen LogP contribution in [0.3, 0.4) is 0 Å². The lowest BCUT2D eigenvalue weighted by Crippen LogP contribution is -2.03. The van der Waals surface area contributed by atoms with Crippen molar-refractivity contribution in [3.05, 3.63) is 0 Å². The van der Waals surface area contributed by atoms with Gasteiger partial charge in [0.2, 0.25) is 0 Å². The third-order valence-electron chi connectivity index (χ3n) is 0.911. The van der Waals surface area contributed by atoms with Crippen molar-refractivity contribution in [1.29, 1.82) is 0 Å². The molecule has 0 heterocycles. The SMILES string of the molecule is CCOCCO.OCCOCCO. The highest BCUT2D eigenvalue weighted by Gasteiger charge is 1.79. The maximum atomic E-state index is 8.09. The molecule has 0 atom stereocenters. The summed E-state index contributed by atoms with van der Waals surface area (Å²) in [6, 6.07) is 0. The van der Waals surface area contributed by atoms with Gasteiger partial charge in [-0.2, -0.15) is 0 Å². The highest BCUT2D eigenvalue weighted by Crippen LogP contribution is 1.68. The minimum atomic E-state index is 0.0278. The molecule has 0 aromatic rings. The van der Waals surface area contributed by atoms with Crippen LogP contribution in [0.1, 0.15) is 6.92 Å². The number of rotatable bonds is 7. The fraction of sp³-hybridized carbons (Fsp3) is 1.00. The van der Waals surface area contributed by atoms with Crippen LogP contribution < -0.4 is 0 Å². The number of aliphatic hydroxyl groups is 3. The number of hydrogen-bond donors (Lipinski definition) is 3. The van der Waals surface area contributed by atoms with Gasteiger partial charge in [-0.25, -0.2) is 0 Å². The van der Waals surface area contributed by atoms with Crippen LogP contribution >= 0.6 is 0 Å². The quantitative estimate of drug-likeness (QED) is 0.455. The summed E-state index contributed by atoms with van der Waals surface area (Å²) in [5.74, 6) is 0. The van der Waals surface area contributed by atoms with Crippen molar-refractivity contribution in [3.63, 3.8) is 0 Å². The van der Waals surface area contributed by atoms with E-state index in [1.165, 1.54) is 0 Å². The van der Waals surface area contributed by atoms with Gasteiger partial charge in [0.15, 0.2) is 0 Å². The third-order valence-corrected chi connectivity index (χ3v) is 0.911. The maximum absolute atomic E-state index is 8.09. The molecular weight excluding hydrogens is 176 g/mol. The molecule has 0 unspecified atom stereocenters. The van der Waals surface area contributed by atoms with Crippen molar-refractivity contribution in [2.75, 3.05) is 46.2 Å². The highest BCUT2D eigenvalue weighted by molar-refractivity contribution is 4.24. The Hall–Kier alpha value is -0.200. The van der Waals surface area contributed by atoms with E-state index >= 15 is 0 Å². The first-order valence-corrected chi connectivity index (χ1v) is 4.31. The van der Waals surface area contributed by atoms with Crippen LogP contribution in [-0.2, 0) is 9.47 Å².